The summed E-state index contributed by atoms with van der Waals surface area (Å²) >= 11 is 1.34. The lowest BCUT2D eigenvalue weighted by Gasteiger charge is -2.27. The van der Waals surface area contributed by atoms with Crippen LogP contribution in [0.2, 0.25) is 0 Å². The maximum Gasteiger partial charge on any atom is 0.265 e. The average molecular weight is 338 g/mol. The molecule has 1 aliphatic rings. The van der Waals surface area contributed by atoms with Crippen molar-refractivity contribution in [2.24, 2.45) is 0 Å². The second-order valence-corrected chi connectivity index (χ2v) is 6.71. The van der Waals surface area contributed by atoms with Crippen molar-refractivity contribution in [1.29, 1.82) is 0 Å². The van der Waals surface area contributed by atoms with Crippen LogP contribution in [0.5, 0.6) is 0 Å². The number of thioether (sulfide) groups is 1. The second-order valence-electron chi connectivity index (χ2n) is 5.62. The maximum absolute atomic E-state index is 12.5. The van der Waals surface area contributed by atoms with E-state index in [1.807, 2.05) is 54.6 Å². The van der Waals surface area contributed by atoms with Crippen LogP contribution in [-0.4, -0.2) is 30.8 Å². The molecule has 0 fully saturated rings. The fraction of sp³-hybridized carbons (Fsp3) is 0.158. The lowest BCUT2D eigenvalue weighted by molar-refractivity contribution is -0.125. The smallest absolute Gasteiger partial charge is 0.265 e. The van der Waals surface area contributed by atoms with Crippen molar-refractivity contribution in [3.63, 3.8) is 0 Å². The minimum Gasteiger partial charge on any atom is -0.338 e. The predicted octanol–water partition coefficient (Wildman–Crippen LogP) is 3.30. The van der Waals surface area contributed by atoms with Crippen molar-refractivity contribution in [3.8, 4) is 0 Å². The number of anilines is 1. The summed E-state index contributed by atoms with van der Waals surface area (Å²) in [5.41, 5.74) is 1.92. The summed E-state index contributed by atoms with van der Waals surface area (Å²) in [4.78, 5) is 29.5. The average Bonchev–Trinajstić information content (AvgIpc) is 2.60. The van der Waals surface area contributed by atoms with Crippen LogP contribution in [-0.2, 0) is 16.1 Å². The summed E-state index contributed by atoms with van der Waals surface area (Å²) < 4.78 is 0. The van der Waals surface area contributed by atoms with E-state index in [-0.39, 0.29) is 11.8 Å². The Morgan fingerprint density at radius 3 is 2.54 bits per heavy atom. The number of para-hydroxylation sites is 1. The van der Waals surface area contributed by atoms with Gasteiger partial charge in [0.15, 0.2) is 0 Å². The maximum atomic E-state index is 12.5. The molecule has 2 aromatic rings. The SMILES string of the molecule is CN(Cc1ccccc1)C(=O)C=C1Sc2ccccc2N(C)C1=O. The van der Waals surface area contributed by atoms with Gasteiger partial charge in [0.2, 0.25) is 5.91 Å². The van der Waals surface area contributed by atoms with E-state index < -0.39 is 0 Å². The Hall–Kier alpha value is -2.53. The van der Waals surface area contributed by atoms with Gasteiger partial charge in [0.05, 0.1) is 10.6 Å². The molecule has 0 bridgehead atoms. The molecule has 1 heterocycles. The van der Waals surface area contributed by atoms with E-state index in [4.69, 9.17) is 0 Å². The zero-order chi connectivity index (χ0) is 17.1. The molecule has 0 radical (unpaired) electrons. The second kappa shape index (κ2) is 6.93. The lowest BCUT2D eigenvalue weighted by atomic mass is 10.2. The van der Waals surface area contributed by atoms with Crippen LogP contribution in [0.3, 0.4) is 0 Å². The molecule has 2 amide bonds. The van der Waals surface area contributed by atoms with Gasteiger partial charge in [-0.2, -0.15) is 0 Å². The van der Waals surface area contributed by atoms with Crippen LogP contribution >= 0.6 is 11.8 Å². The number of amides is 2. The Kier molecular flexibility index (Phi) is 4.71. The van der Waals surface area contributed by atoms with E-state index >= 15 is 0 Å². The highest BCUT2D eigenvalue weighted by Gasteiger charge is 2.27. The zero-order valence-corrected chi connectivity index (χ0v) is 14.4. The summed E-state index contributed by atoms with van der Waals surface area (Å²) in [6, 6.07) is 17.5. The largest absolute Gasteiger partial charge is 0.338 e. The molecule has 4 nitrogen and oxygen atoms in total. The van der Waals surface area contributed by atoms with Crippen LogP contribution in [0, 0.1) is 0 Å². The number of fused-ring (bicyclic) bond motifs is 1. The number of benzene rings is 2. The zero-order valence-electron chi connectivity index (χ0n) is 13.6. The standard InChI is InChI=1S/C19H18N2O2S/c1-20(13-14-8-4-3-5-9-14)18(22)12-17-19(23)21(2)15-10-6-7-11-16(15)24-17/h3-12H,13H2,1-2H3. The minimum absolute atomic E-state index is 0.153. The molecule has 24 heavy (non-hydrogen) atoms. The highest BCUT2D eigenvalue weighted by molar-refractivity contribution is 8.04. The van der Waals surface area contributed by atoms with E-state index in [1.54, 1.807) is 23.9 Å². The van der Waals surface area contributed by atoms with E-state index in [0.717, 1.165) is 16.1 Å². The number of hydrogen-bond donors (Lipinski definition) is 0. The molecule has 0 aromatic heterocycles. The lowest BCUT2D eigenvalue weighted by Crippen LogP contribution is -2.31. The van der Waals surface area contributed by atoms with Crippen molar-refractivity contribution >= 4 is 29.3 Å². The van der Waals surface area contributed by atoms with Gasteiger partial charge in [0.25, 0.3) is 5.91 Å². The van der Waals surface area contributed by atoms with Gasteiger partial charge >= 0.3 is 0 Å². The molecule has 122 valence electrons. The molecule has 0 saturated carbocycles. The van der Waals surface area contributed by atoms with Gasteiger partial charge in [0, 0.05) is 31.6 Å². The van der Waals surface area contributed by atoms with E-state index in [2.05, 4.69) is 0 Å². The molecule has 0 atom stereocenters. The number of carbonyl (C=O) groups is 2. The summed E-state index contributed by atoms with van der Waals surface area (Å²) in [6.45, 7) is 0.509. The molecule has 0 N–H and O–H groups in total. The predicted molar refractivity (Wildman–Crippen MR) is 96.7 cm³/mol. The number of hydrogen-bond acceptors (Lipinski definition) is 3. The van der Waals surface area contributed by atoms with E-state index in [0.29, 0.717) is 11.4 Å². The normalized spacial score (nSPS) is 15.3. The Morgan fingerprint density at radius 1 is 1.12 bits per heavy atom. The van der Waals surface area contributed by atoms with Gasteiger partial charge in [-0.15, -0.1) is 0 Å². The van der Waals surface area contributed by atoms with Gasteiger partial charge in [0.1, 0.15) is 0 Å². The van der Waals surface area contributed by atoms with Crippen LogP contribution in [0.4, 0.5) is 5.69 Å². The van der Waals surface area contributed by atoms with E-state index in [1.165, 1.54) is 17.8 Å². The minimum atomic E-state index is -0.178. The van der Waals surface area contributed by atoms with Crippen molar-refractivity contribution in [2.45, 2.75) is 11.4 Å². The van der Waals surface area contributed by atoms with Gasteiger partial charge < -0.3 is 9.80 Å². The van der Waals surface area contributed by atoms with Crippen LogP contribution < -0.4 is 4.90 Å². The first kappa shape index (κ1) is 16.3. The molecule has 5 heteroatoms. The van der Waals surface area contributed by atoms with Gasteiger partial charge in [-0.1, -0.05) is 54.2 Å². The van der Waals surface area contributed by atoms with Gasteiger partial charge in [-0.3, -0.25) is 9.59 Å². The Bertz CT molecular complexity index is 802. The fourth-order valence-corrected chi connectivity index (χ4v) is 3.58. The molecular weight excluding hydrogens is 320 g/mol. The van der Waals surface area contributed by atoms with E-state index in [9.17, 15) is 9.59 Å². The molecule has 1 aliphatic heterocycles. The first-order valence-electron chi connectivity index (χ1n) is 7.62. The third-order valence-electron chi connectivity index (χ3n) is 3.86. The van der Waals surface area contributed by atoms with Crippen molar-refractivity contribution in [3.05, 3.63) is 71.1 Å². The van der Waals surface area contributed by atoms with Gasteiger partial charge in [-0.05, 0) is 17.7 Å². The Balaban J connectivity index is 1.78. The quantitative estimate of drug-likeness (QED) is 0.806. The van der Waals surface area contributed by atoms with Crippen molar-refractivity contribution in [2.75, 3.05) is 19.0 Å². The molecule has 3 rings (SSSR count). The number of carbonyl (C=O) groups excluding carboxylic acids is 2. The van der Waals surface area contributed by atoms with Crippen molar-refractivity contribution in [1.82, 2.24) is 4.90 Å². The monoisotopic (exact) mass is 338 g/mol. The highest BCUT2D eigenvalue weighted by atomic mass is 32.2. The van der Waals surface area contributed by atoms with Crippen LogP contribution in [0.1, 0.15) is 5.56 Å². The molecule has 2 aromatic carbocycles. The van der Waals surface area contributed by atoms with Crippen LogP contribution in [0.25, 0.3) is 0 Å². The highest BCUT2D eigenvalue weighted by Crippen LogP contribution is 2.40. The molecule has 0 spiro atoms. The first-order valence-corrected chi connectivity index (χ1v) is 8.43. The molecule has 0 unspecified atom stereocenters. The molecule has 0 saturated heterocycles. The topological polar surface area (TPSA) is 40.6 Å². The fourth-order valence-electron chi connectivity index (χ4n) is 2.51. The van der Waals surface area contributed by atoms with Gasteiger partial charge in [-0.25, -0.2) is 0 Å². The number of likely N-dealkylation sites (N-methyl/N-ethyl adjacent to an activating group) is 2. The summed E-state index contributed by atoms with van der Waals surface area (Å²) in [6.07, 6.45) is 1.43. The van der Waals surface area contributed by atoms with Crippen LogP contribution in [0.15, 0.2) is 70.5 Å². The number of rotatable bonds is 3. The summed E-state index contributed by atoms with van der Waals surface area (Å²) in [7, 11) is 3.47. The summed E-state index contributed by atoms with van der Waals surface area (Å²) in [5.74, 6) is -0.331. The number of nitrogens with zero attached hydrogens (tertiary/aromatic N) is 2. The Labute approximate surface area is 145 Å². The molecule has 0 aliphatic carbocycles. The first-order chi connectivity index (χ1) is 11.6. The third-order valence-corrected chi connectivity index (χ3v) is 4.93. The third kappa shape index (κ3) is 3.36. The summed E-state index contributed by atoms with van der Waals surface area (Å²) in [5, 5.41) is 0. The van der Waals surface area contributed by atoms with Crippen molar-refractivity contribution < 1.29 is 9.59 Å². The Morgan fingerprint density at radius 2 is 1.79 bits per heavy atom. The molecular formula is C19H18N2O2S.